The molecule has 0 atom stereocenters. The number of rotatable bonds is 5. The molecule has 6 heteroatoms. The van der Waals surface area contributed by atoms with Gasteiger partial charge in [-0.15, -0.1) is 0 Å². The molecule has 0 aliphatic carbocycles. The van der Waals surface area contributed by atoms with Gasteiger partial charge in [0.2, 0.25) is 0 Å². The van der Waals surface area contributed by atoms with Crippen LogP contribution >= 0.6 is 19.4 Å². The Bertz CT molecular complexity index is 906. The van der Waals surface area contributed by atoms with Crippen molar-refractivity contribution in [1.82, 2.24) is 0 Å². The van der Waals surface area contributed by atoms with Crippen molar-refractivity contribution in [1.29, 1.82) is 0 Å². The molecule has 0 saturated heterocycles. The van der Waals surface area contributed by atoms with Gasteiger partial charge in [0.25, 0.3) is 0 Å². The summed E-state index contributed by atoms with van der Waals surface area (Å²) in [5.74, 6) is 0. The molecule has 33 heavy (non-hydrogen) atoms. The van der Waals surface area contributed by atoms with Crippen molar-refractivity contribution in [3.05, 3.63) is 145 Å². The van der Waals surface area contributed by atoms with Gasteiger partial charge >= 0.3 is 27.3 Å². The average molecular weight is 747 g/mol. The van der Waals surface area contributed by atoms with Crippen LogP contribution in [0.15, 0.2) is 121 Å². The van der Waals surface area contributed by atoms with Gasteiger partial charge in [-0.05, 0) is 23.3 Å². The minimum absolute atomic E-state index is 0. The Morgan fingerprint density at radius 1 is 0.667 bits per heavy atom. The van der Waals surface area contributed by atoms with E-state index < -0.39 is 7.14 Å². The fourth-order valence-corrected chi connectivity index (χ4v) is 5.37. The second kappa shape index (κ2) is 19.2. The van der Waals surface area contributed by atoms with E-state index >= 15 is 0 Å². The van der Waals surface area contributed by atoms with Gasteiger partial charge in [-0.25, -0.2) is 0 Å². The SMILES string of the molecule is O=P(Cc1ccccc1)(Cc1ccccc1)C(=S)[S-].[Br-].[Pb+2].[c]1ccccc1.[c]1ccccc1. The molecule has 0 heterocycles. The van der Waals surface area contributed by atoms with Crippen LogP contribution in [-0.4, -0.2) is 31.2 Å². The van der Waals surface area contributed by atoms with Crippen LogP contribution in [0.2, 0.25) is 0 Å². The zero-order valence-electron chi connectivity index (χ0n) is 18.0. The molecular formula is C27H24BrOPPbS2. The fraction of sp³-hybridized carbons (Fsp3) is 0.0741. The Morgan fingerprint density at radius 2 is 0.970 bits per heavy atom. The van der Waals surface area contributed by atoms with Crippen LogP contribution in [-0.2, 0) is 29.5 Å². The van der Waals surface area contributed by atoms with E-state index in [2.05, 4.69) is 12.1 Å². The van der Waals surface area contributed by atoms with Crippen molar-refractivity contribution in [2.45, 2.75) is 12.3 Å². The molecule has 0 N–H and O–H groups in total. The van der Waals surface area contributed by atoms with Crippen LogP contribution in [0, 0.1) is 12.1 Å². The molecule has 0 fully saturated rings. The number of hydrogen-bond donors (Lipinski definition) is 0. The van der Waals surface area contributed by atoms with Crippen molar-refractivity contribution >= 4 is 63.2 Å². The maximum absolute atomic E-state index is 13.0. The summed E-state index contributed by atoms with van der Waals surface area (Å²) in [6.07, 6.45) is 0.899. The molecule has 166 valence electrons. The predicted molar refractivity (Wildman–Crippen MR) is 144 cm³/mol. The Balaban J connectivity index is 0.000000599. The van der Waals surface area contributed by atoms with E-state index in [0.29, 0.717) is 12.3 Å². The molecular weight excluding hydrogens is 723 g/mol. The van der Waals surface area contributed by atoms with Gasteiger partial charge in [-0.3, -0.25) is 0 Å². The quantitative estimate of drug-likeness (QED) is 0.132. The Morgan fingerprint density at radius 3 is 1.18 bits per heavy atom. The molecule has 4 aromatic carbocycles. The van der Waals surface area contributed by atoms with Gasteiger partial charge in [0, 0.05) is 12.3 Å². The molecule has 4 radical (unpaired) electrons. The average Bonchev–Trinajstić information content (AvgIpc) is 2.83. The van der Waals surface area contributed by atoms with Gasteiger partial charge < -0.3 is 46.4 Å². The van der Waals surface area contributed by atoms with E-state index in [4.69, 9.17) is 24.8 Å². The monoisotopic (exact) mass is 746 g/mol. The van der Waals surface area contributed by atoms with Gasteiger partial charge in [0.1, 0.15) is 7.14 Å². The van der Waals surface area contributed by atoms with Crippen LogP contribution in [0.5, 0.6) is 0 Å². The van der Waals surface area contributed by atoms with Gasteiger partial charge in [0.05, 0.1) is 0 Å². The molecule has 0 aliphatic heterocycles. The molecule has 0 saturated carbocycles. The number of halogens is 1. The number of benzene rings is 4. The first-order valence-corrected chi connectivity index (χ1v) is 12.7. The molecule has 0 spiro atoms. The first-order chi connectivity index (χ1) is 15.1. The third kappa shape index (κ3) is 14.0. The topological polar surface area (TPSA) is 17.1 Å². The summed E-state index contributed by atoms with van der Waals surface area (Å²) < 4.78 is 13.2. The smallest absolute Gasteiger partial charge is 1.00 e. The standard InChI is InChI=1S/C15H15OPS2.2C6H5.BrH.Pb/c16-17(15(18)19,11-13-7-3-1-4-8-13)12-14-9-5-2-6-10-14;2*1-2-4-6-5-3-1;;/h1-10H,11-12H2,(H,18,19);2*1-5H;1H;/q;;;;+2/p-2. The second-order valence-electron chi connectivity index (χ2n) is 6.60. The number of thiocarbonyl (C=S) groups is 1. The Kier molecular flexibility index (Phi) is 18.5. The summed E-state index contributed by atoms with van der Waals surface area (Å²) in [7, 11) is -2.69. The molecule has 0 aromatic heterocycles. The summed E-state index contributed by atoms with van der Waals surface area (Å²) in [5.41, 5.74) is 2.04. The van der Waals surface area contributed by atoms with Crippen LogP contribution in [0.4, 0.5) is 0 Å². The maximum Gasteiger partial charge on any atom is 2.00 e. The van der Waals surface area contributed by atoms with E-state index in [-0.39, 0.29) is 48.2 Å². The summed E-state index contributed by atoms with van der Waals surface area (Å²) in [6, 6.07) is 44.5. The molecule has 4 aromatic rings. The Labute approximate surface area is 239 Å². The third-order valence-electron chi connectivity index (χ3n) is 4.11. The number of hydrogen-bond acceptors (Lipinski definition) is 3. The van der Waals surface area contributed by atoms with Crippen LogP contribution < -0.4 is 17.0 Å². The van der Waals surface area contributed by atoms with Crippen molar-refractivity contribution in [3.8, 4) is 0 Å². The van der Waals surface area contributed by atoms with E-state index in [9.17, 15) is 4.57 Å². The van der Waals surface area contributed by atoms with E-state index in [1.54, 1.807) is 0 Å². The summed E-state index contributed by atoms with van der Waals surface area (Å²) in [5, 5.41) is 0. The molecule has 0 aliphatic rings. The zero-order valence-corrected chi connectivity index (χ0v) is 26.0. The molecule has 1 nitrogen and oxygen atoms in total. The normalized spacial score (nSPS) is 9.33. The minimum atomic E-state index is -2.69. The van der Waals surface area contributed by atoms with Crippen LogP contribution in [0.25, 0.3) is 0 Å². The predicted octanol–water partition coefficient (Wildman–Crippen LogP) is 4.18. The fourth-order valence-electron chi connectivity index (χ4n) is 2.63. The molecule has 0 bridgehead atoms. The van der Waals surface area contributed by atoms with Gasteiger partial charge in [0.15, 0.2) is 0 Å². The zero-order chi connectivity index (χ0) is 22.2. The summed E-state index contributed by atoms with van der Waals surface area (Å²) in [4.78, 5) is 0. The van der Waals surface area contributed by atoms with E-state index in [1.807, 2.05) is 121 Å². The van der Waals surface area contributed by atoms with Crippen molar-refractivity contribution in [3.63, 3.8) is 0 Å². The minimum Gasteiger partial charge on any atom is -1.00 e. The second-order valence-corrected chi connectivity index (χ2v) is 11.1. The first-order valence-electron chi connectivity index (χ1n) is 9.80. The largest absolute Gasteiger partial charge is 2.00 e. The summed E-state index contributed by atoms with van der Waals surface area (Å²) >= 11 is 10.2. The van der Waals surface area contributed by atoms with Gasteiger partial charge in [-0.2, -0.15) is 0 Å². The Hall–Kier alpha value is -1.18. The molecule has 0 amide bonds. The van der Waals surface area contributed by atoms with Crippen molar-refractivity contribution < 1.29 is 21.5 Å². The maximum atomic E-state index is 13.0. The first kappa shape index (κ1) is 31.8. The van der Waals surface area contributed by atoms with Crippen molar-refractivity contribution in [2.24, 2.45) is 0 Å². The van der Waals surface area contributed by atoms with E-state index in [1.165, 1.54) is 0 Å². The van der Waals surface area contributed by atoms with E-state index in [0.717, 1.165) is 11.1 Å². The van der Waals surface area contributed by atoms with Gasteiger partial charge in [-0.1, -0.05) is 125 Å². The molecule has 4 rings (SSSR count). The van der Waals surface area contributed by atoms with Crippen molar-refractivity contribution in [2.75, 3.05) is 0 Å². The molecule has 0 unspecified atom stereocenters. The van der Waals surface area contributed by atoms with Crippen LogP contribution in [0.1, 0.15) is 11.1 Å². The third-order valence-corrected chi connectivity index (χ3v) is 8.52. The summed E-state index contributed by atoms with van der Waals surface area (Å²) in [6.45, 7) is 0. The van der Waals surface area contributed by atoms with Crippen LogP contribution in [0.3, 0.4) is 0 Å².